The van der Waals surface area contributed by atoms with Crippen LogP contribution in [-0.2, 0) is 0 Å². The molecule has 1 heterocycles. The maximum atomic E-state index is 11.6. The van der Waals surface area contributed by atoms with Crippen LogP contribution in [0.15, 0.2) is 23.3 Å². The highest BCUT2D eigenvalue weighted by atomic mass is 35.5. The van der Waals surface area contributed by atoms with Gasteiger partial charge < -0.3 is 10.3 Å². The van der Waals surface area contributed by atoms with Crippen LogP contribution in [-0.4, -0.2) is 22.3 Å². The lowest BCUT2D eigenvalue weighted by molar-refractivity contribution is 0.0938. The summed E-state index contributed by atoms with van der Waals surface area (Å²) >= 11 is 5.80. The summed E-state index contributed by atoms with van der Waals surface area (Å²) in [7, 11) is 0. The molecular formula is C10H13ClN2O2. The van der Waals surface area contributed by atoms with E-state index in [0.717, 1.165) is 0 Å². The fourth-order valence-electron chi connectivity index (χ4n) is 0.993. The SMILES string of the molecule is CC(Cl)C(C)NC(=O)c1c[nH]ccc1=O. The zero-order valence-electron chi connectivity index (χ0n) is 8.58. The van der Waals surface area contributed by atoms with Crippen LogP contribution in [0.25, 0.3) is 0 Å². The maximum Gasteiger partial charge on any atom is 0.256 e. The maximum absolute atomic E-state index is 11.6. The molecule has 5 heteroatoms. The number of aromatic amines is 1. The summed E-state index contributed by atoms with van der Waals surface area (Å²) in [6, 6.07) is 1.13. The Bertz CT molecular complexity index is 400. The quantitative estimate of drug-likeness (QED) is 0.762. The zero-order chi connectivity index (χ0) is 11.4. The van der Waals surface area contributed by atoms with E-state index in [0.29, 0.717) is 0 Å². The van der Waals surface area contributed by atoms with Crippen molar-refractivity contribution >= 4 is 17.5 Å². The molecule has 0 aromatic carbocycles. The van der Waals surface area contributed by atoms with Crippen LogP contribution >= 0.6 is 11.6 Å². The molecule has 0 aliphatic carbocycles. The van der Waals surface area contributed by atoms with Gasteiger partial charge in [0.25, 0.3) is 5.91 Å². The van der Waals surface area contributed by atoms with Gasteiger partial charge in [0.05, 0.1) is 5.38 Å². The second-order valence-corrected chi connectivity index (χ2v) is 4.05. The second-order valence-electron chi connectivity index (χ2n) is 3.36. The number of carbonyl (C=O) groups is 1. The van der Waals surface area contributed by atoms with Gasteiger partial charge in [-0.1, -0.05) is 0 Å². The molecule has 0 aliphatic heterocycles. The van der Waals surface area contributed by atoms with Gasteiger partial charge in [-0.3, -0.25) is 9.59 Å². The summed E-state index contributed by atoms with van der Waals surface area (Å²) in [5, 5.41) is 2.46. The predicted octanol–water partition coefficient (Wildman–Crippen LogP) is 1.12. The third kappa shape index (κ3) is 3.09. The van der Waals surface area contributed by atoms with E-state index < -0.39 is 5.91 Å². The summed E-state index contributed by atoms with van der Waals surface area (Å²) < 4.78 is 0. The van der Waals surface area contributed by atoms with Gasteiger partial charge >= 0.3 is 0 Å². The van der Waals surface area contributed by atoms with Crippen molar-refractivity contribution in [2.24, 2.45) is 0 Å². The molecule has 1 aromatic heterocycles. The molecule has 0 aliphatic rings. The van der Waals surface area contributed by atoms with E-state index >= 15 is 0 Å². The van der Waals surface area contributed by atoms with E-state index in [1.54, 1.807) is 13.8 Å². The highest BCUT2D eigenvalue weighted by Crippen LogP contribution is 2.01. The van der Waals surface area contributed by atoms with E-state index in [1.165, 1.54) is 18.5 Å². The Balaban J connectivity index is 2.79. The lowest BCUT2D eigenvalue weighted by Crippen LogP contribution is -2.39. The number of nitrogens with one attached hydrogen (secondary N) is 2. The highest BCUT2D eigenvalue weighted by Gasteiger charge is 2.15. The molecule has 1 rings (SSSR count). The fraction of sp³-hybridized carbons (Fsp3) is 0.400. The van der Waals surface area contributed by atoms with Gasteiger partial charge in [-0.25, -0.2) is 0 Å². The van der Waals surface area contributed by atoms with E-state index in [1.807, 2.05) is 0 Å². The molecular weight excluding hydrogens is 216 g/mol. The first kappa shape index (κ1) is 11.8. The molecule has 15 heavy (non-hydrogen) atoms. The van der Waals surface area contributed by atoms with Crippen molar-refractivity contribution in [3.8, 4) is 0 Å². The van der Waals surface area contributed by atoms with Crippen LogP contribution in [0.1, 0.15) is 24.2 Å². The van der Waals surface area contributed by atoms with Crippen molar-refractivity contribution in [2.45, 2.75) is 25.3 Å². The predicted molar refractivity (Wildman–Crippen MR) is 59.3 cm³/mol. The van der Waals surface area contributed by atoms with Crippen LogP contribution in [0.5, 0.6) is 0 Å². The molecule has 82 valence electrons. The summed E-state index contributed by atoms with van der Waals surface area (Å²) in [5.41, 5.74) is -0.206. The van der Waals surface area contributed by atoms with Gasteiger partial charge in [0.2, 0.25) is 0 Å². The molecule has 0 fully saturated rings. The smallest absolute Gasteiger partial charge is 0.256 e. The zero-order valence-corrected chi connectivity index (χ0v) is 9.34. The Labute approximate surface area is 92.7 Å². The molecule has 2 N–H and O–H groups in total. The number of pyridine rings is 1. The number of hydrogen-bond acceptors (Lipinski definition) is 2. The Morgan fingerprint density at radius 2 is 2.20 bits per heavy atom. The third-order valence-corrected chi connectivity index (χ3v) is 2.49. The van der Waals surface area contributed by atoms with Crippen molar-refractivity contribution < 1.29 is 4.79 Å². The minimum absolute atomic E-state index is 0.0988. The average molecular weight is 229 g/mol. The Morgan fingerprint density at radius 3 is 2.73 bits per heavy atom. The number of aromatic nitrogens is 1. The van der Waals surface area contributed by atoms with Crippen LogP contribution < -0.4 is 10.7 Å². The molecule has 0 radical (unpaired) electrons. The van der Waals surface area contributed by atoms with Crippen molar-refractivity contribution in [3.05, 3.63) is 34.2 Å². The summed E-state index contributed by atoms with van der Waals surface area (Å²) in [4.78, 5) is 25.6. The minimum Gasteiger partial charge on any atom is -0.367 e. The number of hydrogen-bond donors (Lipinski definition) is 2. The highest BCUT2D eigenvalue weighted by molar-refractivity contribution is 6.21. The van der Waals surface area contributed by atoms with Crippen molar-refractivity contribution in [2.75, 3.05) is 0 Å². The molecule has 2 unspecified atom stereocenters. The van der Waals surface area contributed by atoms with Gasteiger partial charge in [-0.2, -0.15) is 0 Å². The monoisotopic (exact) mass is 228 g/mol. The molecule has 4 nitrogen and oxygen atoms in total. The number of halogens is 1. The van der Waals surface area contributed by atoms with E-state index in [9.17, 15) is 9.59 Å². The van der Waals surface area contributed by atoms with Crippen LogP contribution in [0, 0.1) is 0 Å². The summed E-state index contributed by atoms with van der Waals surface area (Å²) in [6.45, 7) is 3.56. The molecule has 0 spiro atoms. The first-order chi connectivity index (χ1) is 7.02. The summed E-state index contributed by atoms with van der Waals surface area (Å²) in [5.74, 6) is -0.406. The molecule has 1 aromatic rings. The number of carbonyl (C=O) groups excluding carboxylic acids is 1. The Hall–Kier alpha value is -1.29. The molecule has 0 saturated heterocycles. The van der Waals surface area contributed by atoms with Gasteiger partial charge in [-0.15, -0.1) is 11.6 Å². The Kier molecular flexibility index (Phi) is 3.91. The lowest BCUT2D eigenvalue weighted by atomic mass is 10.2. The number of amides is 1. The van der Waals surface area contributed by atoms with Crippen molar-refractivity contribution in [1.82, 2.24) is 10.3 Å². The largest absolute Gasteiger partial charge is 0.367 e. The lowest BCUT2D eigenvalue weighted by Gasteiger charge is -2.15. The van der Waals surface area contributed by atoms with Gasteiger partial charge in [-0.05, 0) is 13.8 Å². The Morgan fingerprint density at radius 1 is 1.53 bits per heavy atom. The molecule has 1 amide bonds. The van der Waals surface area contributed by atoms with E-state index in [4.69, 9.17) is 11.6 Å². The summed E-state index contributed by atoms with van der Waals surface area (Å²) in [6.07, 6.45) is 2.86. The van der Waals surface area contributed by atoms with Crippen LogP contribution in [0.2, 0.25) is 0 Å². The normalized spacial score (nSPS) is 14.3. The van der Waals surface area contributed by atoms with Crippen LogP contribution in [0.3, 0.4) is 0 Å². The van der Waals surface area contributed by atoms with E-state index in [-0.39, 0.29) is 22.4 Å². The average Bonchev–Trinajstić information content (AvgIpc) is 2.18. The first-order valence-electron chi connectivity index (χ1n) is 4.64. The topological polar surface area (TPSA) is 62.0 Å². The van der Waals surface area contributed by atoms with Crippen LogP contribution in [0.4, 0.5) is 0 Å². The molecule has 2 atom stereocenters. The van der Waals surface area contributed by atoms with Gasteiger partial charge in [0.15, 0.2) is 5.43 Å². The third-order valence-electron chi connectivity index (χ3n) is 2.12. The number of H-pyrrole nitrogens is 1. The molecule has 0 bridgehead atoms. The standard InChI is InChI=1S/C10H13ClN2O2/c1-6(11)7(2)13-10(15)8-5-12-4-3-9(8)14/h3-7H,1-2H3,(H,12,14)(H,13,15). The van der Waals surface area contributed by atoms with Crippen molar-refractivity contribution in [1.29, 1.82) is 0 Å². The minimum atomic E-state index is -0.406. The van der Waals surface area contributed by atoms with Crippen molar-refractivity contribution in [3.63, 3.8) is 0 Å². The number of alkyl halides is 1. The van der Waals surface area contributed by atoms with E-state index in [2.05, 4.69) is 10.3 Å². The fourth-order valence-corrected chi connectivity index (χ4v) is 1.06. The number of rotatable bonds is 3. The second kappa shape index (κ2) is 4.98. The molecule has 0 saturated carbocycles. The van der Waals surface area contributed by atoms with Gasteiger partial charge in [0, 0.05) is 24.5 Å². The first-order valence-corrected chi connectivity index (χ1v) is 5.08. The van der Waals surface area contributed by atoms with Gasteiger partial charge in [0.1, 0.15) is 5.56 Å².